The number of rotatable bonds is 7. The molecule has 2 atom stereocenters. The Balaban J connectivity index is 1.34. The predicted molar refractivity (Wildman–Crippen MR) is 147 cm³/mol. The Morgan fingerprint density at radius 3 is 2.61 bits per heavy atom. The molecule has 0 amide bonds. The highest BCUT2D eigenvalue weighted by molar-refractivity contribution is 5.81. The average Bonchev–Trinajstić information content (AvgIpc) is 3.60. The molecule has 2 aromatic heterocycles. The van der Waals surface area contributed by atoms with E-state index in [1.54, 1.807) is 0 Å². The quantitative estimate of drug-likeness (QED) is 0.396. The molecule has 0 aliphatic carbocycles. The van der Waals surface area contributed by atoms with Gasteiger partial charge in [0.2, 0.25) is 0 Å². The first kappa shape index (κ1) is 24.9. The number of tetrazole rings is 1. The molecule has 6 rings (SSSR count). The third-order valence-electron chi connectivity index (χ3n) is 8.37. The van der Waals surface area contributed by atoms with Crippen LogP contribution in [0.1, 0.15) is 59.8 Å². The van der Waals surface area contributed by atoms with Crippen LogP contribution in [0.15, 0.2) is 53.3 Å². The van der Waals surface area contributed by atoms with Crippen LogP contribution in [0.5, 0.6) is 0 Å². The standard InChI is InChI=1S/C30H36N6O2/c1-20-15-24-18-26(30(37)31-27(24)16-21(20)2)28(29-32-33-34-36(29)19-25-9-6-14-38-25)35-12-10-23(11-13-35)17-22-7-4-3-5-8-22/h3-5,7-8,15-16,18,23,25,28H,6,9-14,17,19H2,1-2H3,(H,31,37)/t25-,28+/m1/s1. The molecule has 4 aromatic rings. The summed E-state index contributed by atoms with van der Waals surface area (Å²) >= 11 is 0. The number of nitrogens with zero attached hydrogens (tertiary/aromatic N) is 5. The van der Waals surface area contributed by atoms with Crippen LogP contribution >= 0.6 is 0 Å². The number of aromatic nitrogens is 5. The molecule has 2 aliphatic rings. The number of ether oxygens (including phenoxy) is 1. The summed E-state index contributed by atoms with van der Waals surface area (Å²) in [5, 5.41) is 13.9. The fourth-order valence-corrected chi connectivity index (χ4v) is 6.08. The number of hydrogen-bond donors (Lipinski definition) is 1. The summed E-state index contributed by atoms with van der Waals surface area (Å²) in [6, 6.07) is 16.7. The van der Waals surface area contributed by atoms with Gasteiger partial charge in [0, 0.05) is 17.7 Å². The first-order chi connectivity index (χ1) is 18.5. The molecular formula is C30H36N6O2. The lowest BCUT2D eigenvalue weighted by atomic mass is 9.89. The zero-order valence-corrected chi connectivity index (χ0v) is 22.3. The molecule has 0 saturated carbocycles. The Kier molecular flexibility index (Phi) is 7.08. The number of piperidine rings is 1. The number of hydrogen-bond acceptors (Lipinski definition) is 6. The van der Waals surface area contributed by atoms with Crippen molar-refractivity contribution in [2.45, 2.75) is 64.6 Å². The molecule has 8 heteroatoms. The summed E-state index contributed by atoms with van der Waals surface area (Å²) in [6.07, 6.45) is 5.40. The van der Waals surface area contributed by atoms with E-state index in [4.69, 9.17) is 4.74 Å². The predicted octanol–water partition coefficient (Wildman–Crippen LogP) is 4.35. The van der Waals surface area contributed by atoms with Crippen LogP contribution < -0.4 is 5.56 Å². The zero-order valence-electron chi connectivity index (χ0n) is 22.3. The molecule has 4 heterocycles. The van der Waals surface area contributed by atoms with Crippen molar-refractivity contribution in [2.24, 2.45) is 5.92 Å². The zero-order chi connectivity index (χ0) is 26.1. The summed E-state index contributed by atoms with van der Waals surface area (Å²) in [5.41, 5.74) is 5.24. The van der Waals surface area contributed by atoms with Gasteiger partial charge >= 0.3 is 0 Å². The number of fused-ring (bicyclic) bond motifs is 1. The summed E-state index contributed by atoms with van der Waals surface area (Å²) in [4.78, 5) is 19.1. The first-order valence-corrected chi connectivity index (χ1v) is 13.8. The van der Waals surface area contributed by atoms with Gasteiger partial charge in [-0.3, -0.25) is 9.69 Å². The summed E-state index contributed by atoms with van der Waals surface area (Å²) in [6.45, 7) is 7.34. The molecule has 0 radical (unpaired) electrons. The highest BCUT2D eigenvalue weighted by Crippen LogP contribution is 2.32. The van der Waals surface area contributed by atoms with E-state index < -0.39 is 0 Å². The molecule has 38 heavy (non-hydrogen) atoms. The van der Waals surface area contributed by atoms with E-state index in [0.717, 1.165) is 68.5 Å². The number of H-pyrrole nitrogens is 1. The van der Waals surface area contributed by atoms with Crippen LogP contribution in [0.2, 0.25) is 0 Å². The SMILES string of the molecule is Cc1cc2cc([C@@H](c3nnnn3C[C@H]3CCCO3)N3CCC(Cc4ccccc4)CC3)c(=O)[nH]c2cc1C. The Morgan fingerprint density at radius 2 is 1.84 bits per heavy atom. The first-order valence-electron chi connectivity index (χ1n) is 13.8. The molecule has 2 aromatic carbocycles. The van der Waals surface area contributed by atoms with E-state index in [1.807, 2.05) is 10.7 Å². The monoisotopic (exact) mass is 512 g/mol. The van der Waals surface area contributed by atoms with Crippen LogP contribution in [-0.4, -0.2) is 55.9 Å². The molecule has 2 aliphatic heterocycles. The van der Waals surface area contributed by atoms with Crippen molar-refractivity contribution in [1.29, 1.82) is 0 Å². The smallest absolute Gasteiger partial charge is 0.253 e. The maximum atomic E-state index is 13.6. The van der Waals surface area contributed by atoms with Gasteiger partial charge in [-0.2, -0.15) is 0 Å². The van der Waals surface area contributed by atoms with Gasteiger partial charge in [0.05, 0.1) is 12.6 Å². The molecule has 8 nitrogen and oxygen atoms in total. The van der Waals surface area contributed by atoms with Gasteiger partial charge < -0.3 is 9.72 Å². The molecular weight excluding hydrogens is 476 g/mol. The van der Waals surface area contributed by atoms with Crippen molar-refractivity contribution in [1.82, 2.24) is 30.1 Å². The lowest BCUT2D eigenvalue weighted by Crippen LogP contribution is -2.41. The number of benzene rings is 2. The summed E-state index contributed by atoms with van der Waals surface area (Å²) < 4.78 is 7.75. The van der Waals surface area contributed by atoms with Gasteiger partial charge in [-0.25, -0.2) is 4.68 Å². The topological polar surface area (TPSA) is 88.9 Å². The average molecular weight is 513 g/mol. The van der Waals surface area contributed by atoms with E-state index in [0.29, 0.717) is 18.0 Å². The van der Waals surface area contributed by atoms with Crippen molar-refractivity contribution in [2.75, 3.05) is 19.7 Å². The van der Waals surface area contributed by atoms with Crippen LogP contribution in [-0.2, 0) is 17.7 Å². The van der Waals surface area contributed by atoms with Crippen molar-refractivity contribution in [3.05, 3.63) is 87.0 Å². The van der Waals surface area contributed by atoms with E-state index in [-0.39, 0.29) is 17.7 Å². The van der Waals surface area contributed by atoms with Crippen LogP contribution in [0.4, 0.5) is 0 Å². The van der Waals surface area contributed by atoms with E-state index >= 15 is 0 Å². The number of pyridine rings is 1. The van der Waals surface area contributed by atoms with Crippen molar-refractivity contribution >= 4 is 10.9 Å². The summed E-state index contributed by atoms with van der Waals surface area (Å²) in [5.74, 6) is 1.34. The van der Waals surface area contributed by atoms with Gasteiger partial charge in [-0.05, 0) is 116 Å². The molecule has 198 valence electrons. The van der Waals surface area contributed by atoms with E-state index in [9.17, 15) is 4.79 Å². The van der Waals surface area contributed by atoms with E-state index in [2.05, 4.69) is 81.7 Å². The maximum Gasteiger partial charge on any atom is 0.253 e. The second kappa shape index (κ2) is 10.8. The fraction of sp³-hybridized carbons (Fsp3) is 0.467. The highest BCUT2D eigenvalue weighted by Gasteiger charge is 2.34. The Bertz CT molecular complexity index is 1450. The molecule has 0 spiro atoms. The Hall–Kier alpha value is -3.36. The van der Waals surface area contributed by atoms with Crippen LogP contribution in [0.3, 0.4) is 0 Å². The molecule has 0 unspecified atom stereocenters. The Labute approximate surface area is 223 Å². The highest BCUT2D eigenvalue weighted by atomic mass is 16.5. The second-order valence-electron chi connectivity index (χ2n) is 11.0. The minimum absolute atomic E-state index is 0.0798. The van der Waals surface area contributed by atoms with Crippen molar-refractivity contribution < 1.29 is 4.74 Å². The minimum Gasteiger partial charge on any atom is -0.376 e. The van der Waals surface area contributed by atoms with Crippen LogP contribution in [0, 0.1) is 19.8 Å². The molecule has 1 N–H and O–H groups in total. The van der Waals surface area contributed by atoms with Gasteiger partial charge in [0.1, 0.15) is 6.04 Å². The third-order valence-corrected chi connectivity index (χ3v) is 8.37. The number of aryl methyl sites for hydroxylation is 2. The normalized spacial score (nSPS) is 19.8. The number of aromatic amines is 1. The summed E-state index contributed by atoms with van der Waals surface area (Å²) in [7, 11) is 0. The van der Waals surface area contributed by atoms with E-state index in [1.165, 1.54) is 16.7 Å². The molecule has 2 fully saturated rings. The van der Waals surface area contributed by atoms with Crippen molar-refractivity contribution in [3.63, 3.8) is 0 Å². The van der Waals surface area contributed by atoms with Crippen LogP contribution in [0.25, 0.3) is 10.9 Å². The van der Waals surface area contributed by atoms with Gasteiger partial charge in [0.25, 0.3) is 5.56 Å². The van der Waals surface area contributed by atoms with Crippen molar-refractivity contribution in [3.8, 4) is 0 Å². The fourth-order valence-electron chi connectivity index (χ4n) is 6.08. The Morgan fingerprint density at radius 1 is 1.05 bits per heavy atom. The second-order valence-corrected chi connectivity index (χ2v) is 11.0. The van der Waals surface area contributed by atoms with Gasteiger partial charge in [-0.15, -0.1) is 5.10 Å². The minimum atomic E-state index is -0.321. The largest absolute Gasteiger partial charge is 0.376 e. The number of nitrogens with one attached hydrogen (secondary N) is 1. The molecule has 2 saturated heterocycles. The lowest BCUT2D eigenvalue weighted by molar-refractivity contribution is 0.0892. The maximum absolute atomic E-state index is 13.6. The third kappa shape index (κ3) is 5.15. The lowest BCUT2D eigenvalue weighted by Gasteiger charge is -2.37. The number of likely N-dealkylation sites (tertiary alicyclic amines) is 1. The molecule has 0 bridgehead atoms. The van der Waals surface area contributed by atoms with Gasteiger partial charge in [0.15, 0.2) is 5.82 Å². The van der Waals surface area contributed by atoms with Gasteiger partial charge in [-0.1, -0.05) is 30.3 Å².